The first-order valence-electron chi connectivity index (χ1n) is 6.18. The summed E-state index contributed by atoms with van der Waals surface area (Å²) in [5.74, 6) is 0. The lowest BCUT2D eigenvalue weighted by molar-refractivity contribution is -0.392. The van der Waals surface area contributed by atoms with Crippen molar-refractivity contribution in [2.75, 3.05) is 5.32 Å². The molecule has 0 atom stereocenters. The van der Waals surface area contributed by atoms with E-state index in [0.717, 1.165) is 10.5 Å². The molecule has 122 valence electrons. The van der Waals surface area contributed by atoms with Crippen molar-refractivity contribution < 1.29 is 14.5 Å². The number of nitro groups is 2. The second kappa shape index (κ2) is 6.13. The Labute approximate surface area is 149 Å². The number of nitrogens with zero attached hydrogens (tertiary/aromatic N) is 4. The Morgan fingerprint density at radius 1 is 1.00 bits per heavy atom. The molecule has 1 aromatic heterocycles. The van der Waals surface area contributed by atoms with Gasteiger partial charge in [0.2, 0.25) is 5.52 Å². The minimum atomic E-state index is -0.779. The number of hydrogen-bond acceptors (Lipinski definition) is 8. The fourth-order valence-corrected chi connectivity index (χ4v) is 3.19. The van der Waals surface area contributed by atoms with E-state index in [0.29, 0.717) is 10.2 Å². The molecule has 0 spiro atoms. The van der Waals surface area contributed by atoms with Crippen LogP contribution in [0, 0.1) is 20.2 Å². The fourth-order valence-electron chi connectivity index (χ4n) is 2.04. The highest BCUT2D eigenvalue weighted by atomic mass is 79.9. The molecule has 0 radical (unpaired) electrons. The van der Waals surface area contributed by atoms with E-state index < -0.39 is 21.2 Å². The van der Waals surface area contributed by atoms with Crippen LogP contribution in [-0.2, 0) is 0 Å². The van der Waals surface area contributed by atoms with Crippen LogP contribution in [0.5, 0.6) is 0 Å². The third-order valence-electron chi connectivity index (χ3n) is 3.08. The normalized spacial score (nSPS) is 10.8. The van der Waals surface area contributed by atoms with Crippen molar-refractivity contribution in [1.82, 2.24) is 10.3 Å². The van der Waals surface area contributed by atoms with Gasteiger partial charge in [0.25, 0.3) is 0 Å². The second-order valence-corrected chi connectivity index (χ2v) is 6.28. The Hall–Kier alpha value is -2.60. The number of anilines is 2. The number of nitro benzene ring substituents is 2. The Balaban J connectivity index is 2.24. The first-order chi connectivity index (χ1) is 11.4. The number of fused-ring (bicyclic) bond motifs is 1. The van der Waals surface area contributed by atoms with Crippen LogP contribution in [0.25, 0.3) is 11.0 Å². The highest BCUT2D eigenvalue weighted by Gasteiger charge is 2.29. The van der Waals surface area contributed by atoms with Gasteiger partial charge in [-0.15, -0.1) is 0 Å². The molecular formula is C12H5Br2N5O5. The first-order valence-corrected chi connectivity index (χ1v) is 7.77. The van der Waals surface area contributed by atoms with E-state index in [9.17, 15) is 20.2 Å². The number of nitrogens with one attached hydrogen (secondary N) is 1. The van der Waals surface area contributed by atoms with Gasteiger partial charge in [-0.1, -0.05) is 15.9 Å². The van der Waals surface area contributed by atoms with Crippen LogP contribution < -0.4 is 5.32 Å². The zero-order valence-corrected chi connectivity index (χ0v) is 14.6. The lowest BCUT2D eigenvalue weighted by Crippen LogP contribution is -2.01. The fraction of sp³-hybridized carbons (Fsp3) is 0. The molecule has 0 amide bonds. The lowest BCUT2D eigenvalue weighted by atomic mass is 10.2. The molecule has 2 aromatic carbocycles. The van der Waals surface area contributed by atoms with Gasteiger partial charge < -0.3 is 5.32 Å². The quantitative estimate of drug-likeness (QED) is 0.450. The van der Waals surface area contributed by atoms with Crippen molar-refractivity contribution in [3.8, 4) is 0 Å². The maximum absolute atomic E-state index is 11.3. The van der Waals surface area contributed by atoms with E-state index in [2.05, 4.69) is 52.1 Å². The van der Waals surface area contributed by atoms with E-state index in [1.165, 1.54) is 0 Å². The second-order valence-electron chi connectivity index (χ2n) is 4.51. The van der Waals surface area contributed by atoms with Crippen LogP contribution in [0.3, 0.4) is 0 Å². The molecule has 3 aromatic rings. The van der Waals surface area contributed by atoms with Gasteiger partial charge in [-0.25, -0.2) is 4.63 Å². The molecule has 0 aliphatic heterocycles. The summed E-state index contributed by atoms with van der Waals surface area (Å²) in [6.07, 6.45) is 0. The van der Waals surface area contributed by atoms with Gasteiger partial charge >= 0.3 is 11.4 Å². The molecule has 0 bridgehead atoms. The summed E-state index contributed by atoms with van der Waals surface area (Å²) in [5.41, 5.74) is -0.908. The smallest absolute Gasteiger partial charge is 0.307 e. The summed E-state index contributed by atoms with van der Waals surface area (Å²) < 4.78 is 5.95. The van der Waals surface area contributed by atoms with Gasteiger partial charge in [-0.2, -0.15) is 0 Å². The standard InChI is InChI=1S/C12H5Br2N5O5/c13-5-1-2-7(6(14)3-5)15-10-8(18(20)21)4-9(19(22)23)11-12(10)17-24-16-11/h1-4,15H. The molecule has 0 saturated heterocycles. The summed E-state index contributed by atoms with van der Waals surface area (Å²) in [5, 5.41) is 32.3. The molecule has 12 heteroatoms. The van der Waals surface area contributed by atoms with Crippen LogP contribution in [-0.4, -0.2) is 20.2 Å². The van der Waals surface area contributed by atoms with E-state index in [4.69, 9.17) is 0 Å². The molecule has 0 aliphatic rings. The zero-order chi connectivity index (χ0) is 17.4. The van der Waals surface area contributed by atoms with Crippen LogP contribution in [0.15, 0.2) is 37.8 Å². The highest BCUT2D eigenvalue weighted by molar-refractivity contribution is 9.11. The molecule has 0 aliphatic carbocycles. The minimum Gasteiger partial charge on any atom is -0.347 e. The van der Waals surface area contributed by atoms with Gasteiger partial charge in [0, 0.05) is 8.95 Å². The van der Waals surface area contributed by atoms with E-state index in [1.807, 2.05) is 0 Å². The van der Waals surface area contributed by atoms with E-state index in [-0.39, 0.29) is 16.7 Å². The Kier molecular flexibility index (Phi) is 4.15. The average molecular weight is 459 g/mol. The predicted octanol–water partition coefficient (Wildman–Crippen LogP) is 4.31. The van der Waals surface area contributed by atoms with Crippen LogP contribution >= 0.6 is 31.9 Å². The van der Waals surface area contributed by atoms with Crippen molar-refractivity contribution in [2.45, 2.75) is 0 Å². The summed E-state index contributed by atoms with van der Waals surface area (Å²) in [4.78, 5) is 20.9. The zero-order valence-electron chi connectivity index (χ0n) is 11.4. The van der Waals surface area contributed by atoms with Gasteiger partial charge in [0.05, 0.1) is 21.6 Å². The third kappa shape index (κ3) is 2.80. The maximum atomic E-state index is 11.3. The highest BCUT2D eigenvalue weighted by Crippen LogP contribution is 2.40. The molecule has 10 nitrogen and oxygen atoms in total. The van der Waals surface area contributed by atoms with Crippen molar-refractivity contribution in [3.63, 3.8) is 0 Å². The molecule has 24 heavy (non-hydrogen) atoms. The van der Waals surface area contributed by atoms with Gasteiger partial charge in [0.1, 0.15) is 5.69 Å². The Morgan fingerprint density at radius 3 is 2.29 bits per heavy atom. The molecule has 0 saturated carbocycles. The Morgan fingerprint density at radius 2 is 1.67 bits per heavy atom. The van der Waals surface area contributed by atoms with Crippen LogP contribution in [0.1, 0.15) is 0 Å². The van der Waals surface area contributed by atoms with E-state index in [1.54, 1.807) is 18.2 Å². The molecule has 0 unspecified atom stereocenters. The molecule has 1 N–H and O–H groups in total. The Bertz CT molecular complexity index is 989. The van der Waals surface area contributed by atoms with Crippen molar-refractivity contribution in [2.24, 2.45) is 0 Å². The van der Waals surface area contributed by atoms with Crippen LogP contribution in [0.2, 0.25) is 0 Å². The van der Waals surface area contributed by atoms with E-state index >= 15 is 0 Å². The predicted molar refractivity (Wildman–Crippen MR) is 90.2 cm³/mol. The third-order valence-corrected chi connectivity index (χ3v) is 4.23. The minimum absolute atomic E-state index is 0.0510. The molecule has 1 heterocycles. The SMILES string of the molecule is O=[N+]([O-])c1cc([N+](=O)[O-])c2nonc2c1Nc1ccc(Br)cc1Br. The first kappa shape index (κ1) is 16.3. The summed E-state index contributed by atoms with van der Waals surface area (Å²) in [6.45, 7) is 0. The molecule has 3 rings (SSSR count). The number of rotatable bonds is 4. The van der Waals surface area contributed by atoms with Crippen molar-refractivity contribution in [1.29, 1.82) is 0 Å². The van der Waals surface area contributed by atoms with Gasteiger partial charge in [0.15, 0.2) is 5.52 Å². The van der Waals surface area contributed by atoms with Crippen molar-refractivity contribution >= 4 is 65.6 Å². The summed E-state index contributed by atoms with van der Waals surface area (Å²) in [7, 11) is 0. The summed E-state index contributed by atoms with van der Waals surface area (Å²) in [6, 6.07) is 5.95. The number of benzene rings is 2. The van der Waals surface area contributed by atoms with Gasteiger partial charge in [-0.05, 0) is 44.4 Å². The largest absolute Gasteiger partial charge is 0.347 e. The van der Waals surface area contributed by atoms with Crippen LogP contribution in [0.4, 0.5) is 22.7 Å². The molecular weight excluding hydrogens is 454 g/mol. The van der Waals surface area contributed by atoms with Crippen molar-refractivity contribution in [3.05, 3.63) is 53.4 Å². The number of non-ortho nitro benzene ring substituents is 1. The summed E-state index contributed by atoms with van der Waals surface area (Å²) >= 11 is 6.63. The van der Waals surface area contributed by atoms with Gasteiger partial charge in [-0.3, -0.25) is 20.2 Å². The topological polar surface area (TPSA) is 137 Å². The number of aromatic nitrogens is 2. The average Bonchev–Trinajstić information content (AvgIpc) is 2.98. The maximum Gasteiger partial charge on any atom is 0.307 e. The molecule has 0 fully saturated rings. The number of hydrogen-bond donors (Lipinski definition) is 1. The number of halogens is 2. The monoisotopic (exact) mass is 457 g/mol. The lowest BCUT2D eigenvalue weighted by Gasteiger charge is -2.09.